The predicted octanol–water partition coefficient (Wildman–Crippen LogP) is 7.90. The van der Waals surface area contributed by atoms with Crippen molar-refractivity contribution in [3.8, 4) is 5.75 Å². The molecule has 2 fully saturated rings. The fourth-order valence-electron chi connectivity index (χ4n) is 5.49. The SMILES string of the molecule is CC(C)(C)OC(=O)/C=C/c1ccc(OC(=O)C2CCC(C3CCC(CCC(F)(F)F)CC3)CC2)cc1. The Labute approximate surface area is 212 Å². The summed E-state index contributed by atoms with van der Waals surface area (Å²) in [6.07, 6.45) is 5.94. The normalized spacial score (nSPS) is 25.5. The molecular formula is C29H39F3O4. The van der Waals surface area contributed by atoms with Crippen molar-refractivity contribution in [3.05, 3.63) is 35.9 Å². The maximum Gasteiger partial charge on any atom is 0.389 e. The van der Waals surface area contributed by atoms with Gasteiger partial charge >= 0.3 is 18.1 Å². The second-order valence-corrected chi connectivity index (χ2v) is 11.4. The van der Waals surface area contributed by atoms with E-state index in [1.54, 1.807) is 30.3 Å². The van der Waals surface area contributed by atoms with E-state index >= 15 is 0 Å². The summed E-state index contributed by atoms with van der Waals surface area (Å²) in [6.45, 7) is 5.43. The Morgan fingerprint density at radius 1 is 0.889 bits per heavy atom. The summed E-state index contributed by atoms with van der Waals surface area (Å²) in [5.41, 5.74) is 0.256. The Bertz CT molecular complexity index is 883. The van der Waals surface area contributed by atoms with Gasteiger partial charge in [0.2, 0.25) is 0 Å². The number of carbonyl (C=O) groups excluding carboxylic acids is 2. The van der Waals surface area contributed by atoms with E-state index in [1.165, 1.54) is 6.08 Å². The highest BCUT2D eigenvalue weighted by molar-refractivity contribution is 5.87. The molecule has 2 saturated carbocycles. The van der Waals surface area contributed by atoms with Crippen LogP contribution < -0.4 is 4.74 Å². The number of halogens is 3. The number of hydrogen-bond donors (Lipinski definition) is 0. The Morgan fingerprint density at radius 2 is 1.44 bits per heavy atom. The molecule has 0 atom stereocenters. The highest BCUT2D eigenvalue weighted by Crippen LogP contribution is 2.43. The standard InChI is InChI=1S/C29H39F3O4/c1-28(2,3)36-26(33)17-8-20-6-15-25(16-7-20)35-27(34)24-13-11-23(12-14-24)22-9-4-21(5-10-22)18-19-29(30,31)32/h6-8,15-17,21-24H,4-5,9-14,18-19H2,1-3H3/b17-8+. The summed E-state index contributed by atoms with van der Waals surface area (Å²) >= 11 is 0. The molecular weight excluding hydrogens is 469 g/mol. The minimum absolute atomic E-state index is 0.115. The van der Waals surface area contributed by atoms with Gasteiger partial charge < -0.3 is 9.47 Å². The molecule has 0 spiro atoms. The first-order valence-electron chi connectivity index (χ1n) is 13.2. The molecule has 0 radical (unpaired) electrons. The molecule has 2 aliphatic carbocycles. The van der Waals surface area contributed by atoms with Crippen LogP contribution in [0.3, 0.4) is 0 Å². The van der Waals surface area contributed by atoms with Crippen molar-refractivity contribution in [2.24, 2.45) is 23.7 Å². The molecule has 1 aromatic carbocycles. The molecule has 4 nitrogen and oxygen atoms in total. The van der Waals surface area contributed by atoms with E-state index in [-0.39, 0.29) is 24.2 Å². The molecule has 0 aromatic heterocycles. The van der Waals surface area contributed by atoms with Gasteiger partial charge in [0.1, 0.15) is 11.4 Å². The van der Waals surface area contributed by atoms with Crippen LogP contribution in [-0.2, 0) is 14.3 Å². The van der Waals surface area contributed by atoms with Gasteiger partial charge in [-0.25, -0.2) is 4.79 Å². The van der Waals surface area contributed by atoms with Gasteiger partial charge in [0, 0.05) is 12.5 Å². The number of benzene rings is 1. The van der Waals surface area contributed by atoms with Crippen LogP contribution in [0.15, 0.2) is 30.3 Å². The number of alkyl halides is 3. The average Bonchev–Trinajstić information content (AvgIpc) is 2.81. The lowest BCUT2D eigenvalue weighted by molar-refractivity contribution is -0.148. The van der Waals surface area contributed by atoms with Gasteiger partial charge in [0.15, 0.2) is 0 Å². The minimum Gasteiger partial charge on any atom is -0.457 e. The van der Waals surface area contributed by atoms with E-state index < -0.39 is 24.2 Å². The van der Waals surface area contributed by atoms with Gasteiger partial charge in [0.05, 0.1) is 5.92 Å². The number of esters is 2. The van der Waals surface area contributed by atoms with Crippen LogP contribution in [-0.4, -0.2) is 23.7 Å². The van der Waals surface area contributed by atoms with Gasteiger partial charge in [-0.15, -0.1) is 0 Å². The molecule has 0 N–H and O–H groups in total. The molecule has 0 unspecified atom stereocenters. The molecule has 3 rings (SSSR count). The smallest absolute Gasteiger partial charge is 0.389 e. The second-order valence-electron chi connectivity index (χ2n) is 11.4. The van der Waals surface area contributed by atoms with Crippen molar-refractivity contribution in [1.82, 2.24) is 0 Å². The van der Waals surface area contributed by atoms with Crippen molar-refractivity contribution in [1.29, 1.82) is 0 Å². The summed E-state index contributed by atoms with van der Waals surface area (Å²) < 4.78 is 48.3. The number of carbonyl (C=O) groups is 2. The van der Waals surface area contributed by atoms with E-state index in [4.69, 9.17) is 9.47 Å². The lowest BCUT2D eigenvalue weighted by Gasteiger charge is -2.37. The zero-order valence-electron chi connectivity index (χ0n) is 21.6. The predicted molar refractivity (Wildman–Crippen MR) is 133 cm³/mol. The van der Waals surface area contributed by atoms with Gasteiger partial charge in [0.25, 0.3) is 0 Å². The van der Waals surface area contributed by atoms with E-state index in [9.17, 15) is 22.8 Å². The quantitative estimate of drug-likeness (QED) is 0.213. The van der Waals surface area contributed by atoms with Crippen molar-refractivity contribution >= 4 is 18.0 Å². The van der Waals surface area contributed by atoms with Crippen LogP contribution in [0.2, 0.25) is 0 Å². The van der Waals surface area contributed by atoms with Crippen LogP contribution in [0, 0.1) is 23.7 Å². The molecule has 2 aliphatic rings. The van der Waals surface area contributed by atoms with Crippen LogP contribution in [0.5, 0.6) is 5.75 Å². The molecule has 0 amide bonds. The molecule has 36 heavy (non-hydrogen) atoms. The van der Waals surface area contributed by atoms with Gasteiger partial charge in [-0.2, -0.15) is 13.2 Å². The van der Waals surface area contributed by atoms with Crippen molar-refractivity contribution in [2.45, 2.75) is 96.8 Å². The molecule has 1 aromatic rings. The number of hydrogen-bond acceptors (Lipinski definition) is 4. The Morgan fingerprint density at radius 3 is 1.97 bits per heavy atom. The maximum absolute atomic E-state index is 12.7. The van der Waals surface area contributed by atoms with Crippen molar-refractivity contribution in [3.63, 3.8) is 0 Å². The Kier molecular flexibility index (Phi) is 9.65. The Balaban J connectivity index is 1.38. The third-order valence-corrected chi connectivity index (χ3v) is 7.42. The fourth-order valence-corrected chi connectivity index (χ4v) is 5.49. The number of rotatable bonds is 7. The van der Waals surface area contributed by atoms with E-state index in [2.05, 4.69) is 0 Å². The maximum atomic E-state index is 12.7. The molecule has 200 valence electrons. The first-order chi connectivity index (χ1) is 16.9. The van der Waals surface area contributed by atoms with Crippen LogP contribution in [0.1, 0.15) is 90.5 Å². The Hall–Kier alpha value is -2.31. The molecule has 0 aliphatic heterocycles. The van der Waals surface area contributed by atoms with Crippen LogP contribution in [0.4, 0.5) is 13.2 Å². The monoisotopic (exact) mass is 508 g/mol. The molecule has 0 heterocycles. The highest BCUT2D eigenvalue weighted by Gasteiger charge is 2.35. The third kappa shape index (κ3) is 9.62. The lowest BCUT2D eigenvalue weighted by atomic mass is 9.68. The van der Waals surface area contributed by atoms with E-state index in [0.29, 0.717) is 17.6 Å². The summed E-state index contributed by atoms with van der Waals surface area (Å²) in [5.74, 6) is 1.08. The lowest BCUT2D eigenvalue weighted by Crippen LogP contribution is -2.30. The van der Waals surface area contributed by atoms with Gasteiger partial charge in [-0.05, 0) is 107 Å². The van der Waals surface area contributed by atoms with E-state index in [1.807, 2.05) is 20.8 Å². The van der Waals surface area contributed by atoms with E-state index in [0.717, 1.165) is 56.9 Å². The summed E-state index contributed by atoms with van der Waals surface area (Å²) in [7, 11) is 0. The summed E-state index contributed by atoms with van der Waals surface area (Å²) in [6, 6.07) is 7.00. The third-order valence-electron chi connectivity index (χ3n) is 7.42. The summed E-state index contributed by atoms with van der Waals surface area (Å²) in [5, 5.41) is 0. The molecule has 0 saturated heterocycles. The molecule has 7 heteroatoms. The second kappa shape index (κ2) is 12.3. The van der Waals surface area contributed by atoms with Gasteiger partial charge in [-0.1, -0.05) is 25.0 Å². The summed E-state index contributed by atoms with van der Waals surface area (Å²) in [4.78, 5) is 24.5. The molecule has 0 bridgehead atoms. The van der Waals surface area contributed by atoms with Crippen molar-refractivity contribution < 1.29 is 32.2 Å². The van der Waals surface area contributed by atoms with Crippen LogP contribution in [0.25, 0.3) is 6.08 Å². The highest BCUT2D eigenvalue weighted by atomic mass is 19.4. The van der Waals surface area contributed by atoms with Crippen LogP contribution >= 0.6 is 0 Å². The first kappa shape index (κ1) is 28.3. The zero-order valence-corrected chi connectivity index (χ0v) is 21.6. The van der Waals surface area contributed by atoms with Gasteiger partial charge in [-0.3, -0.25) is 4.79 Å². The van der Waals surface area contributed by atoms with Crippen molar-refractivity contribution in [2.75, 3.05) is 0 Å². The minimum atomic E-state index is -4.05. The topological polar surface area (TPSA) is 52.6 Å². The zero-order chi connectivity index (χ0) is 26.3. The average molecular weight is 509 g/mol. The first-order valence-corrected chi connectivity index (χ1v) is 13.2. The fraction of sp³-hybridized carbons (Fsp3) is 0.655. The number of ether oxygens (including phenoxy) is 2. The largest absolute Gasteiger partial charge is 0.457 e.